The Labute approximate surface area is 207 Å². The number of aryl methyl sites for hydroxylation is 1. The molecule has 6 rings (SSSR count). The molecule has 6 heterocycles. The van der Waals surface area contributed by atoms with Crippen molar-refractivity contribution in [3.8, 4) is 0 Å². The molecule has 9 heteroatoms. The number of piperidine rings is 2. The topological polar surface area (TPSA) is 78.8 Å². The van der Waals surface area contributed by atoms with Crippen molar-refractivity contribution >= 4 is 22.8 Å². The number of hydrogen-bond donors (Lipinski definition) is 1. The summed E-state index contributed by atoms with van der Waals surface area (Å²) in [5.41, 5.74) is 1.67. The van der Waals surface area contributed by atoms with Gasteiger partial charge in [-0.05, 0) is 63.7 Å². The Hall–Kier alpha value is -2.23. The number of ether oxygens (including phenoxy) is 1. The number of nitrogens with one attached hydrogen (secondary N) is 1. The van der Waals surface area contributed by atoms with Crippen LogP contribution in [-0.2, 0) is 11.8 Å². The maximum absolute atomic E-state index is 13.2. The average molecular weight is 482 g/mol. The molecule has 1 N–H and O–H groups in total. The van der Waals surface area contributed by atoms with Crippen LogP contribution in [0.3, 0.4) is 0 Å². The first-order chi connectivity index (χ1) is 17.1. The second-order valence-electron chi connectivity index (χ2n) is 11.1. The van der Waals surface area contributed by atoms with Gasteiger partial charge in [-0.2, -0.15) is 5.10 Å². The number of anilines is 1. The van der Waals surface area contributed by atoms with Gasteiger partial charge in [0.2, 0.25) is 0 Å². The summed E-state index contributed by atoms with van der Waals surface area (Å²) in [6.45, 7) is 10.8. The molecule has 2 aromatic heterocycles. The third-order valence-corrected chi connectivity index (χ3v) is 8.71. The zero-order valence-electron chi connectivity index (χ0n) is 21.0. The minimum absolute atomic E-state index is 0.0782. The van der Waals surface area contributed by atoms with E-state index < -0.39 is 0 Å². The molecule has 4 aliphatic rings. The van der Waals surface area contributed by atoms with Gasteiger partial charge in [0.05, 0.1) is 18.6 Å². The molecule has 1 amide bonds. The number of carbonyl (C=O) groups is 1. The molecular weight excluding hydrogens is 442 g/mol. The third kappa shape index (κ3) is 4.78. The van der Waals surface area contributed by atoms with Gasteiger partial charge < -0.3 is 24.8 Å². The molecule has 9 nitrogen and oxygen atoms in total. The number of pyridine rings is 1. The molecule has 0 aliphatic carbocycles. The monoisotopic (exact) mass is 481 g/mol. The van der Waals surface area contributed by atoms with E-state index in [4.69, 9.17) is 9.72 Å². The van der Waals surface area contributed by atoms with E-state index in [-0.39, 0.29) is 11.9 Å². The summed E-state index contributed by atoms with van der Waals surface area (Å²) in [6.07, 6.45) is 7.01. The number of nitrogens with zero attached hydrogens (tertiary/aromatic N) is 6. The molecule has 4 fully saturated rings. The number of aromatic nitrogens is 3. The normalized spacial score (nSPS) is 23.7. The van der Waals surface area contributed by atoms with Crippen LogP contribution in [0.15, 0.2) is 12.1 Å². The van der Waals surface area contributed by atoms with Gasteiger partial charge in [-0.25, -0.2) is 9.67 Å². The highest BCUT2D eigenvalue weighted by Gasteiger charge is 2.41. The first-order valence-electron chi connectivity index (χ1n) is 13.5. The first-order valence-corrected chi connectivity index (χ1v) is 13.5. The average Bonchev–Trinajstić information content (AvgIpc) is 3.50. The van der Waals surface area contributed by atoms with Crippen LogP contribution >= 0.6 is 0 Å². The summed E-state index contributed by atoms with van der Waals surface area (Å²) in [4.78, 5) is 25.5. The van der Waals surface area contributed by atoms with Crippen LogP contribution in [0.1, 0.15) is 49.0 Å². The molecule has 0 saturated carbocycles. The lowest BCUT2D eigenvalue weighted by Gasteiger charge is -2.47. The smallest absolute Gasteiger partial charge is 0.272 e. The molecule has 0 atom stereocenters. The summed E-state index contributed by atoms with van der Waals surface area (Å²) in [5.74, 6) is 0.898. The van der Waals surface area contributed by atoms with Crippen molar-refractivity contribution < 1.29 is 9.53 Å². The summed E-state index contributed by atoms with van der Waals surface area (Å²) >= 11 is 0. The van der Waals surface area contributed by atoms with Gasteiger partial charge in [0.15, 0.2) is 11.3 Å². The lowest BCUT2D eigenvalue weighted by molar-refractivity contribution is -0.124. The predicted octanol–water partition coefficient (Wildman–Crippen LogP) is 1.88. The standard InChI is InChI=1S/C26H39N7O2/c1-30-24-21(4-5-22(28-24)33-14-8-26(9-15-33)18-35-19-26)23(29-30)25(34)27-20-6-12-32(13-7-20)17-16-31-10-2-3-11-31/h4-5,20H,2-3,6-19H2,1H3,(H,27,34). The van der Waals surface area contributed by atoms with E-state index >= 15 is 0 Å². The van der Waals surface area contributed by atoms with Crippen LogP contribution in [0.5, 0.6) is 0 Å². The Morgan fingerprint density at radius 3 is 2.37 bits per heavy atom. The predicted molar refractivity (Wildman–Crippen MR) is 136 cm³/mol. The highest BCUT2D eigenvalue weighted by atomic mass is 16.5. The number of amides is 1. The Morgan fingerprint density at radius 2 is 1.71 bits per heavy atom. The summed E-state index contributed by atoms with van der Waals surface area (Å²) < 4.78 is 7.21. The minimum Gasteiger partial charge on any atom is -0.380 e. The van der Waals surface area contributed by atoms with Gasteiger partial charge in [-0.1, -0.05) is 0 Å². The van der Waals surface area contributed by atoms with Gasteiger partial charge in [0.25, 0.3) is 5.91 Å². The van der Waals surface area contributed by atoms with E-state index in [0.717, 1.165) is 88.5 Å². The number of rotatable bonds is 6. The van der Waals surface area contributed by atoms with Crippen LogP contribution in [0, 0.1) is 5.41 Å². The van der Waals surface area contributed by atoms with Crippen molar-refractivity contribution in [2.75, 3.05) is 70.5 Å². The van der Waals surface area contributed by atoms with Crippen molar-refractivity contribution in [2.45, 2.75) is 44.6 Å². The Kier molecular flexibility index (Phi) is 6.41. The number of fused-ring (bicyclic) bond motifs is 1. The molecule has 1 spiro atoms. The van der Waals surface area contributed by atoms with Crippen LogP contribution < -0.4 is 10.2 Å². The van der Waals surface area contributed by atoms with E-state index in [1.54, 1.807) is 4.68 Å². The minimum atomic E-state index is -0.0782. The van der Waals surface area contributed by atoms with E-state index in [1.807, 2.05) is 13.1 Å². The highest BCUT2D eigenvalue weighted by Crippen LogP contribution is 2.39. The fourth-order valence-corrected chi connectivity index (χ4v) is 6.20. The summed E-state index contributed by atoms with van der Waals surface area (Å²) in [5, 5.41) is 8.65. The zero-order valence-corrected chi connectivity index (χ0v) is 21.0. The first kappa shape index (κ1) is 23.2. The van der Waals surface area contributed by atoms with E-state index in [0.29, 0.717) is 11.1 Å². The highest BCUT2D eigenvalue weighted by molar-refractivity contribution is 6.04. The maximum Gasteiger partial charge on any atom is 0.272 e. The maximum atomic E-state index is 13.2. The van der Waals surface area contributed by atoms with Crippen LogP contribution in [0.2, 0.25) is 0 Å². The van der Waals surface area contributed by atoms with E-state index in [1.165, 1.54) is 32.5 Å². The van der Waals surface area contributed by atoms with Gasteiger partial charge in [-0.15, -0.1) is 0 Å². The number of likely N-dealkylation sites (tertiary alicyclic amines) is 2. The molecule has 2 aromatic rings. The van der Waals surface area contributed by atoms with Gasteiger partial charge in [0.1, 0.15) is 5.82 Å². The quantitative estimate of drug-likeness (QED) is 0.675. The molecule has 35 heavy (non-hydrogen) atoms. The largest absolute Gasteiger partial charge is 0.380 e. The lowest BCUT2D eigenvalue weighted by atomic mass is 9.77. The second-order valence-corrected chi connectivity index (χ2v) is 11.1. The van der Waals surface area contributed by atoms with E-state index in [9.17, 15) is 4.79 Å². The third-order valence-electron chi connectivity index (χ3n) is 8.71. The SMILES string of the molecule is Cn1nc(C(=O)NC2CCN(CCN3CCCC3)CC2)c2ccc(N3CCC4(CC3)COC4)nc21. The molecule has 0 bridgehead atoms. The van der Waals surface area contributed by atoms with Gasteiger partial charge in [0, 0.05) is 57.8 Å². The number of carbonyl (C=O) groups excluding carboxylic acids is 1. The van der Waals surface area contributed by atoms with Gasteiger partial charge >= 0.3 is 0 Å². The molecular formula is C26H39N7O2. The Balaban J connectivity index is 1.05. The fraction of sp³-hybridized carbons (Fsp3) is 0.731. The molecule has 0 unspecified atom stereocenters. The van der Waals surface area contributed by atoms with Crippen LogP contribution in [-0.4, -0.2) is 102 Å². The molecule has 4 aliphatic heterocycles. The second kappa shape index (κ2) is 9.67. The van der Waals surface area contributed by atoms with Crippen LogP contribution in [0.4, 0.5) is 5.82 Å². The van der Waals surface area contributed by atoms with Crippen molar-refractivity contribution in [1.82, 2.24) is 29.9 Å². The van der Waals surface area contributed by atoms with E-state index in [2.05, 4.69) is 31.2 Å². The molecule has 190 valence electrons. The molecule has 0 aromatic carbocycles. The van der Waals surface area contributed by atoms with Crippen LogP contribution in [0.25, 0.3) is 11.0 Å². The van der Waals surface area contributed by atoms with Crippen molar-refractivity contribution in [3.63, 3.8) is 0 Å². The Bertz CT molecular complexity index is 1040. The Morgan fingerprint density at radius 1 is 1.03 bits per heavy atom. The van der Waals surface area contributed by atoms with Gasteiger partial charge in [-0.3, -0.25) is 4.79 Å². The fourth-order valence-electron chi connectivity index (χ4n) is 6.20. The molecule has 4 saturated heterocycles. The zero-order chi connectivity index (χ0) is 23.8. The lowest BCUT2D eigenvalue weighted by Crippen LogP contribution is -2.51. The number of hydrogen-bond acceptors (Lipinski definition) is 7. The summed E-state index contributed by atoms with van der Waals surface area (Å²) in [6, 6.07) is 4.29. The summed E-state index contributed by atoms with van der Waals surface area (Å²) in [7, 11) is 1.88. The molecule has 0 radical (unpaired) electrons. The van der Waals surface area contributed by atoms with Crippen molar-refractivity contribution in [1.29, 1.82) is 0 Å². The van der Waals surface area contributed by atoms with Crippen molar-refractivity contribution in [2.24, 2.45) is 12.5 Å². The van der Waals surface area contributed by atoms with Crippen molar-refractivity contribution in [3.05, 3.63) is 17.8 Å².